The van der Waals surface area contributed by atoms with E-state index in [-0.39, 0.29) is 35.8 Å². The van der Waals surface area contributed by atoms with Crippen molar-refractivity contribution in [3.05, 3.63) is 0 Å². The summed E-state index contributed by atoms with van der Waals surface area (Å²) in [6.45, 7) is 5.00. The Kier molecular flexibility index (Phi) is 5.02. The highest BCUT2D eigenvalue weighted by Crippen LogP contribution is 2.24. The van der Waals surface area contributed by atoms with Crippen molar-refractivity contribution in [2.45, 2.75) is 58.1 Å². The molecule has 5 nitrogen and oxygen atoms in total. The van der Waals surface area contributed by atoms with Crippen LogP contribution in [-0.4, -0.2) is 47.1 Å². The minimum absolute atomic E-state index is 0.0423. The van der Waals surface area contributed by atoms with Crippen molar-refractivity contribution in [1.29, 1.82) is 0 Å². The van der Waals surface area contributed by atoms with Crippen LogP contribution in [0.5, 0.6) is 0 Å². The number of rotatable bonds is 4. The Morgan fingerprint density at radius 3 is 2.70 bits per heavy atom. The van der Waals surface area contributed by atoms with Gasteiger partial charge in [-0.2, -0.15) is 0 Å². The van der Waals surface area contributed by atoms with Crippen molar-refractivity contribution in [3.8, 4) is 0 Å². The van der Waals surface area contributed by atoms with E-state index in [4.69, 9.17) is 0 Å². The summed E-state index contributed by atoms with van der Waals surface area (Å²) >= 11 is 0. The number of nitrogens with zero attached hydrogens (tertiary/aromatic N) is 1. The van der Waals surface area contributed by atoms with Gasteiger partial charge in [-0.25, -0.2) is 0 Å². The Morgan fingerprint density at radius 1 is 1.40 bits per heavy atom. The smallest absolute Gasteiger partial charge is 0.225 e. The first kappa shape index (κ1) is 15.3. The number of carbonyl (C=O) groups excluding carboxylic acids is 2. The van der Waals surface area contributed by atoms with Gasteiger partial charge in [-0.3, -0.25) is 9.59 Å². The number of aliphatic hydroxyl groups excluding tert-OH is 1. The summed E-state index contributed by atoms with van der Waals surface area (Å²) in [5, 5.41) is 12.8. The van der Waals surface area contributed by atoms with E-state index in [1.54, 1.807) is 4.90 Å². The van der Waals surface area contributed by atoms with Gasteiger partial charge in [-0.1, -0.05) is 12.8 Å². The minimum Gasteiger partial charge on any atom is -0.393 e. The van der Waals surface area contributed by atoms with Gasteiger partial charge in [0, 0.05) is 31.5 Å². The first-order chi connectivity index (χ1) is 9.49. The molecule has 2 fully saturated rings. The standard InChI is InChI=1S/C15H26N2O3/c1-10(2)17-9-12(7-14(17)19)15(20)16-8-11-5-3-4-6-13(11)18/h10-13,18H,3-9H2,1-2H3,(H,16,20). The Labute approximate surface area is 120 Å². The molecule has 2 amide bonds. The maximum atomic E-state index is 12.1. The van der Waals surface area contributed by atoms with Crippen molar-refractivity contribution >= 4 is 11.8 Å². The summed E-state index contributed by atoms with van der Waals surface area (Å²) in [7, 11) is 0. The lowest BCUT2D eigenvalue weighted by molar-refractivity contribution is -0.130. The fourth-order valence-electron chi connectivity index (χ4n) is 3.21. The van der Waals surface area contributed by atoms with Crippen LogP contribution >= 0.6 is 0 Å². The molecule has 0 aromatic heterocycles. The fourth-order valence-corrected chi connectivity index (χ4v) is 3.21. The van der Waals surface area contributed by atoms with Crippen LogP contribution in [0, 0.1) is 11.8 Å². The number of amides is 2. The first-order valence-electron chi connectivity index (χ1n) is 7.74. The highest BCUT2D eigenvalue weighted by atomic mass is 16.3. The van der Waals surface area contributed by atoms with Crippen molar-refractivity contribution in [2.24, 2.45) is 11.8 Å². The van der Waals surface area contributed by atoms with E-state index >= 15 is 0 Å². The van der Waals surface area contributed by atoms with Crippen molar-refractivity contribution in [2.75, 3.05) is 13.1 Å². The second-order valence-electron chi connectivity index (χ2n) is 6.40. The maximum absolute atomic E-state index is 12.1. The van der Waals surface area contributed by atoms with Gasteiger partial charge in [-0.15, -0.1) is 0 Å². The van der Waals surface area contributed by atoms with Gasteiger partial charge in [0.15, 0.2) is 0 Å². The SMILES string of the molecule is CC(C)N1CC(C(=O)NCC2CCCCC2O)CC1=O. The van der Waals surface area contributed by atoms with Gasteiger partial charge < -0.3 is 15.3 Å². The summed E-state index contributed by atoms with van der Waals surface area (Å²) in [6, 6.07) is 0.153. The molecular formula is C15H26N2O3. The van der Waals surface area contributed by atoms with Crippen LogP contribution in [0.1, 0.15) is 46.0 Å². The average molecular weight is 282 g/mol. The molecule has 20 heavy (non-hydrogen) atoms. The summed E-state index contributed by atoms with van der Waals surface area (Å²) in [5.41, 5.74) is 0. The van der Waals surface area contributed by atoms with E-state index in [0.29, 0.717) is 19.5 Å². The topological polar surface area (TPSA) is 69.6 Å². The van der Waals surface area contributed by atoms with Crippen LogP contribution in [0.2, 0.25) is 0 Å². The van der Waals surface area contributed by atoms with E-state index in [0.717, 1.165) is 25.7 Å². The molecule has 1 saturated carbocycles. The Hall–Kier alpha value is -1.10. The summed E-state index contributed by atoms with van der Waals surface area (Å²) < 4.78 is 0. The molecule has 2 rings (SSSR count). The second-order valence-corrected chi connectivity index (χ2v) is 6.40. The van der Waals surface area contributed by atoms with Crippen LogP contribution in [0.4, 0.5) is 0 Å². The number of hydrogen-bond acceptors (Lipinski definition) is 3. The molecule has 2 aliphatic rings. The third-order valence-corrected chi connectivity index (χ3v) is 4.56. The normalized spacial score (nSPS) is 30.9. The highest BCUT2D eigenvalue weighted by molar-refractivity contribution is 5.89. The average Bonchev–Trinajstić information content (AvgIpc) is 2.80. The molecule has 3 unspecified atom stereocenters. The Balaban J connectivity index is 1.79. The molecular weight excluding hydrogens is 256 g/mol. The summed E-state index contributed by atoms with van der Waals surface area (Å²) in [6.07, 6.45) is 4.04. The van der Waals surface area contributed by atoms with E-state index < -0.39 is 0 Å². The first-order valence-corrected chi connectivity index (χ1v) is 7.74. The van der Waals surface area contributed by atoms with E-state index in [9.17, 15) is 14.7 Å². The van der Waals surface area contributed by atoms with Crippen molar-refractivity contribution in [1.82, 2.24) is 10.2 Å². The van der Waals surface area contributed by atoms with Crippen LogP contribution in [-0.2, 0) is 9.59 Å². The Bertz CT molecular complexity index is 370. The van der Waals surface area contributed by atoms with Crippen LogP contribution in [0.25, 0.3) is 0 Å². The van der Waals surface area contributed by atoms with Gasteiger partial charge >= 0.3 is 0 Å². The predicted molar refractivity (Wildman–Crippen MR) is 75.9 cm³/mol. The number of hydrogen-bond donors (Lipinski definition) is 2. The predicted octanol–water partition coefficient (Wildman–Crippen LogP) is 0.911. The van der Waals surface area contributed by atoms with Gasteiger partial charge in [0.1, 0.15) is 0 Å². The number of nitrogens with one attached hydrogen (secondary N) is 1. The largest absolute Gasteiger partial charge is 0.393 e. The third kappa shape index (κ3) is 3.51. The van der Waals surface area contributed by atoms with E-state index in [1.807, 2.05) is 13.8 Å². The highest BCUT2D eigenvalue weighted by Gasteiger charge is 2.35. The molecule has 5 heteroatoms. The number of likely N-dealkylation sites (tertiary alicyclic amines) is 1. The lowest BCUT2D eigenvalue weighted by atomic mass is 9.86. The molecule has 1 aliphatic heterocycles. The van der Waals surface area contributed by atoms with E-state index in [2.05, 4.69) is 5.32 Å². The maximum Gasteiger partial charge on any atom is 0.225 e. The zero-order valence-corrected chi connectivity index (χ0v) is 12.5. The minimum atomic E-state index is -0.290. The molecule has 0 radical (unpaired) electrons. The van der Waals surface area contributed by atoms with Gasteiger partial charge in [0.2, 0.25) is 11.8 Å². The van der Waals surface area contributed by atoms with Gasteiger partial charge in [-0.05, 0) is 26.7 Å². The molecule has 0 aromatic rings. The second kappa shape index (κ2) is 6.57. The molecule has 3 atom stereocenters. The lowest BCUT2D eigenvalue weighted by Crippen LogP contribution is -2.40. The molecule has 114 valence electrons. The van der Waals surface area contributed by atoms with Gasteiger partial charge in [0.05, 0.1) is 12.0 Å². The van der Waals surface area contributed by atoms with Crippen LogP contribution < -0.4 is 5.32 Å². The molecule has 0 bridgehead atoms. The van der Waals surface area contributed by atoms with E-state index in [1.165, 1.54) is 0 Å². The third-order valence-electron chi connectivity index (χ3n) is 4.56. The quantitative estimate of drug-likeness (QED) is 0.805. The summed E-state index contributed by atoms with van der Waals surface area (Å²) in [5.74, 6) is -0.0336. The monoisotopic (exact) mass is 282 g/mol. The number of aliphatic hydroxyl groups is 1. The lowest BCUT2D eigenvalue weighted by Gasteiger charge is -2.28. The molecule has 0 aromatic carbocycles. The molecule has 1 aliphatic carbocycles. The molecule has 1 saturated heterocycles. The zero-order chi connectivity index (χ0) is 14.7. The van der Waals surface area contributed by atoms with Crippen LogP contribution in [0.3, 0.4) is 0 Å². The molecule has 2 N–H and O–H groups in total. The van der Waals surface area contributed by atoms with Gasteiger partial charge in [0.25, 0.3) is 0 Å². The zero-order valence-electron chi connectivity index (χ0n) is 12.5. The number of carbonyl (C=O) groups is 2. The molecule has 1 heterocycles. The Morgan fingerprint density at radius 2 is 2.10 bits per heavy atom. The van der Waals surface area contributed by atoms with Crippen molar-refractivity contribution < 1.29 is 14.7 Å². The fraction of sp³-hybridized carbons (Fsp3) is 0.867. The molecule has 0 spiro atoms. The van der Waals surface area contributed by atoms with Crippen molar-refractivity contribution in [3.63, 3.8) is 0 Å². The van der Waals surface area contributed by atoms with Crippen LogP contribution in [0.15, 0.2) is 0 Å². The summed E-state index contributed by atoms with van der Waals surface area (Å²) in [4.78, 5) is 25.7.